The lowest BCUT2D eigenvalue weighted by Crippen LogP contribution is -2.52. The Hall–Kier alpha value is -1.13. The fraction of sp³-hybridized carbons (Fsp3) is 0.625. The highest BCUT2D eigenvalue weighted by atomic mass is 19.1. The molecular formula is C16H26FN3. The Morgan fingerprint density at radius 1 is 1.15 bits per heavy atom. The van der Waals surface area contributed by atoms with E-state index in [0.717, 1.165) is 38.4 Å². The molecule has 0 bridgehead atoms. The number of nitrogens with two attached hydrogens (primary N) is 1. The topological polar surface area (TPSA) is 32.5 Å². The molecule has 0 aliphatic carbocycles. The van der Waals surface area contributed by atoms with E-state index in [1.165, 1.54) is 31.4 Å². The van der Waals surface area contributed by atoms with Crippen molar-refractivity contribution in [3.8, 4) is 0 Å². The summed E-state index contributed by atoms with van der Waals surface area (Å²) in [6.07, 6.45) is 3.68. The maximum Gasteiger partial charge on any atom is 0.123 e. The summed E-state index contributed by atoms with van der Waals surface area (Å²) in [7, 11) is 0. The third-order valence-corrected chi connectivity index (χ3v) is 4.19. The maximum atomic E-state index is 12.9. The Morgan fingerprint density at radius 2 is 1.80 bits per heavy atom. The van der Waals surface area contributed by atoms with Crippen molar-refractivity contribution >= 4 is 5.69 Å². The summed E-state index contributed by atoms with van der Waals surface area (Å²) in [5.41, 5.74) is 7.02. The molecule has 1 atom stereocenters. The van der Waals surface area contributed by atoms with Crippen LogP contribution in [0.5, 0.6) is 0 Å². The number of hydrogen-bond donors (Lipinski definition) is 1. The molecule has 0 aromatic heterocycles. The van der Waals surface area contributed by atoms with E-state index in [9.17, 15) is 4.39 Å². The number of piperazine rings is 1. The number of anilines is 1. The molecular weight excluding hydrogens is 253 g/mol. The van der Waals surface area contributed by atoms with Crippen molar-refractivity contribution in [3.63, 3.8) is 0 Å². The second kappa shape index (κ2) is 7.60. The lowest BCUT2D eigenvalue weighted by atomic mass is 10.1. The molecule has 2 N–H and O–H groups in total. The van der Waals surface area contributed by atoms with E-state index in [4.69, 9.17) is 5.73 Å². The van der Waals surface area contributed by atoms with Crippen LogP contribution in [0, 0.1) is 5.82 Å². The monoisotopic (exact) mass is 279 g/mol. The lowest BCUT2D eigenvalue weighted by molar-refractivity contribution is 0.178. The molecule has 1 aromatic rings. The number of benzene rings is 1. The van der Waals surface area contributed by atoms with E-state index in [0.29, 0.717) is 6.04 Å². The number of halogens is 1. The summed E-state index contributed by atoms with van der Waals surface area (Å²) in [5, 5.41) is 0. The van der Waals surface area contributed by atoms with Crippen LogP contribution in [0.2, 0.25) is 0 Å². The Bertz CT molecular complexity index is 385. The van der Waals surface area contributed by atoms with Gasteiger partial charge in [-0.25, -0.2) is 4.39 Å². The van der Waals surface area contributed by atoms with Gasteiger partial charge < -0.3 is 10.6 Å². The largest absolute Gasteiger partial charge is 0.369 e. The Morgan fingerprint density at radius 3 is 2.35 bits per heavy atom. The highest BCUT2D eigenvalue weighted by Gasteiger charge is 2.22. The minimum Gasteiger partial charge on any atom is -0.369 e. The molecule has 1 aromatic carbocycles. The predicted molar refractivity (Wildman–Crippen MR) is 82.6 cm³/mol. The zero-order valence-electron chi connectivity index (χ0n) is 12.4. The summed E-state index contributed by atoms with van der Waals surface area (Å²) >= 11 is 0. The molecule has 1 aliphatic rings. The summed E-state index contributed by atoms with van der Waals surface area (Å²) in [4.78, 5) is 4.83. The van der Waals surface area contributed by atoms with Crippen molar-refractivity contribution in [2.75, 3.05) is 37.6 Å². The van der Waals surface area contributed by atoms with Gasteiger partial charge in [-0.1, -0.05) is 19.8 Å². The standard InChI is InChI=1S/C16H26FN3/c1-2-3-4-16(13-18)20-11-9-19(10-12-20)15-7-5-14(17)6-8-15/h5-8,16H,2-4,9-13,18H2,1H3. The molecule has 20 heavy (non-hydrogen) atoms. The maximum absolute atomic E-state index is 12.9. The molecule has 0 amide bonds. The third-order valence-electron chi connectivity index (χ3n) is 4.19. The number of unbranched alkanes of at least 4 members (excludes halogenated alkanes) is 1. The van der Waals surface area contributed by atoms with Crippen LogP contribution in [0.3, 0.4) is 0 Å². The summed E-state index contributed by atoms with van der Waals surface area (Å²) in [6.45, 7) is 7.05. The summed E-state index contributed by atoms with van der Waals surface area (Å²) < 4.78 is 12.9. The quantitative estimate of drug-likeness (QED) is 0.868. The second-order valence-electron chi connectivity index (χ2n) is 5.53. The Labute approximate surface area is 121 Å². The first-order valence-electron chi connectivity index (χ1n) is 7.69. The Kier molecular flexibility index (Phi) is 5.80. The van der Waals surface area contributed by atoms with E-state index in [2.05, 4.69) is 16.7 Å². The number of nitrogens with zero attached hydrogens (tertiary/aromatic N) is 2. The molecule has 1 fully saturated rings. The van der Waals surface area contributed by atoms with Gasteiger partial charge in [-0.2, -0.15) is 0 Å². The first kappa shape index (κ1) is 15.3. The van der Waals surface area contributed by atoms with Crippen LogP contribution < -0.4 is 10.6 Å². The van der Waals surface area contributed by atoms with Crippen molar-refractivity contribution in [2.45, 2.75) is 32.2 Å². The van der Waals surface area contributed by atoms with Gasteiger partial charge in [0.2, 0.25) is 0 Å². The van der Waals surface area contributed by atoms with E-state index in [1.807, 2.05) is 12.1 Å². The smallest absolute Gasteiger partial charge is 0.123 e. The van der Waals surface area contributed by atoms with E-state index in [1.54, 1.807) is 0 Å². The molecule has 4 heteroatoms. The SMILES string of the molecule is CCCCC(CN)N1CCN(c2ccc(F)cc2)CC1. The van der Waals surface area contributed by atoms with Crippen LogP contribution in [0.15, 0.2) is 24.3 Å². The molecule has 1 aliphatic heterocycles. The zero-order chi connectivity index (χ0) is 14.4. The zero-order valence-corrected chi connectivity index (χ0v) is 12.4. The minimum atomic E-state index is -0.171. The molecule has 0 spiro atoms. The van der Waals surface area contributed by atoms with Gasteiger partial charge in [-0.3, -0.25) is 4.90 Å². The van der Waals surface area contributed by atoms with Crippen LogP contribution in [-0.2, 0) is 0 Å². The van der Waals surface area contributed by atoms with Gasteiger partial charge in [0.1, 0.15) is 5.82 Å². The van der Waals surface area contributed by atoms with Gasteiger partial charge in [0.15, 0.2) is 0 Å². The molecule has 1 heterocycles. The van der Waals surface area contributed by atoms with Gasteiger partial charge in [0.05, 0.1) is 0 Å². The molecule has 0 radical (unpaired) electrons. The van der Waals surface area contributed by atoms with Gasteiger partial charge in [-0.15, -0.1) is 0 Å². The molecule has 1 saturated heterocycles. The highest BCUT2D eigenvalue weighted by molar-refractivity contribution is 5.46. The number of hydrogen-bond acceptors (Lipinski definition) is 3. The van der Waals surface area contributed by atoms with Crippen molar-refractivity contribution in [3.05, 3.63) is 30.1 Å². The van der Waals surface area contributed by atoms with Crippen LogP contribution in [0.1, 0.15) is 26.2 Å². The van der Waals surface area contributed by atoms with Gasteiger partial charge in [0, 0.05) is 44.5 Å². The molecule has 112 valence electrons. The van der Waals surface area contributed by atoms with Crippen molar-refractivity contribution in [1.29, 1.82) is 0 Å². The van der Waals surface area contributed by atoms with Crippen LogP contribution in [0.4, 0.5) is 10.1 Å². The fourth-order valence-corrected chi connectivity index (χ4v) is 2.89. The molecule has 3 nitrogen and oxygen atoms in total. The van der Waals surface area contributed by atoms with Crippen LogP contribution in [-0.4, -0.2) is 43.7 Å². The second-order valence-corrected chi connectivity index (χ2v) is 5.53. The predicted octanol–water partition coefficient (Wildman–Crippen LogP) is 2.47. The van der Waals surface area contributed by atoms with Gasteiger partial charge in [-0.05, 0) is 30.7 Å². The first-order valence-corrected chi connectivity index (χ1v) is 7.69. The van der Waals surface area contributed by atoms with E-state index >= 15 is 0 Å². The molecule has 1 unspecified atom stereocenters. The van der Waals surface area contributed by atoms with Crippen molar-refractivity contribution in [2.24, 2.45) is 5.73 Å². The molecule has 0 saturated carbocycles. The first-order chi connectivity index (χ1) is 9.74. The lowest BCUT2D eigenvalue weighted by Gasteiger charge is -2.40. The normalized spacial score (nSPS) is 18.2. The van der Waals surface area contributed by atoms with Gasteiger partial charge >= 0.3 is 0 Å². The average Bonchev–Trinajstić information content (AvgIpc) is 2.49. The summed E-state index contributed by atoms with van der Waals surface area (Å²) in [6, 6.07) is 7.31. The van der Waals surface area contributed by atoms with E-state index in [-0.39, 0.29) is 5.82 Å². The fourth-order valence-electron chi connectivity index (χ4n) is 2.89. The van der Waals surface area contributed by atoms with E-state index < -0.39 is 0 Å². The minimum absolute atomic E-state index is 0.171. The average molecular weight is 279 g/mol. The van der Waals surface area contributed by atoms with Crippen molar-refractivity contribution < 1.29 is 4.39 Å². The summed E-state index contributed by atoms with van der Waals surface area (Å²) in [5.74, 6) is -0.171. The molecule has 2 rings (SSSR count). The Balaban J connectivity index is 1.86. The highest BCUT2D eigenvalue weighted by Crippen LogP contribution is 2.18. The third kappa shape index (κ3) is 3.93. The van der Waals surface area contributed by atoms with Crippen LogP contribution in [0.25, 0.3) is 0 Å². The van der Waals surface area contributed by atoms with Gasteiger partial charge in [0.25, 0.3) is 0 Å². The van der Waals surface area contributed by atoms with Crippen molar-refractivity contribution in [1.82, 2.24) is 4.90 Å². The van der Waals surface area contributed by atoms with Crippen LogP contribution >= 0.6 is 0 Å². The number of rotatable bonds is 6.